The summed E-state index contributed by atoms with van der Waals surface area (Å²) in [6.07, 6.45) is 3.17. The summed E-state index contributed by atoms with van der Waals surface area (Å²) in [4.78, 5) is 17.3. The van der Waals surface area contributed by atoms with E-state index in [4.69, 9.17) is 10.00 Å². The monoisotopic (exact) mass is 404 g/mol. The van der Waals surface area contributed by atoms with Gasteiger partial charge in [-0.05, 0) is 54.7 Å². The lowest BCUT2D eigenvalue weighted by Gasteiger charge is -2.36. The van der Waals surface area contributed by atoms with Gasteiger partial charge >= 0.3 is 0 Å². The van der Waals surface area contributed by atoms with Gasteiger partial charge in [-0.3, -0.25) is 9.69 Å². The summed E-state index contributed by atoms with van der Waals surface area (Å²) in [5.41, 5.74) is 2.86. The molecule has 0 bridgehead atoms. The molecule has 1 saturated heterocycles. The molecule has 1 saturated carbocycles. The van der Waals surface area contributed by atoms with E-state index in [1.54, 1.807) is 12.1 Å². The van der Waals surface area contributed by atoms with E-state index in [-0.39, 0.29) is 12.5 Å². The molecule has 156 valence electrons. The molecule has 0 atom stereocenters. The zero-order valence-corrected chi connectivity index (χ0v) is 17.2. The number of hydrogen-bond acceptors (Lipinski definition) is 5. The van der Waals surface area contributed by atoms with Gasteiger partial charge < -0.3 is 15.0 Å². The number of hydrogen-bond donors (Lipinski definition) is 1. The first-order valence-electron chi connectivity index (χ1n) is 10.7. The van der Waals surface area contributed by atoms with Gasteiger partial charge in [-0.15, -0.1) is 0 Å². The quantitative estimate of drug-likeness (QED) is 0.731. The first-order chi connectivity index (χ1) is 14.7. The van der Waals surface area contributed by atoms with Crippen molar-refractivity contribution in [3.8, 4) is 11.8 Å². The van der Waals surface area contributed by atoms with Crippen LogP contribution in [0.15, 0.2) is 48.5 Å². The first kappa shape index (κ1) is 20.2. The number of nitrogens with zero attached hydrogens (tertiary/aromatic N) is 3. The molecule has 1 aliphatic heterocycles. The van der Waals surface area contributed by atoms with E-state index in [1.807, 2.05) is 30.3 Å². The highest BCUT2D eigenvalue weighted by Gasteiger charge is 2.26. The molecule has 4 rings (SSSR count). The van der Waals surface area contributed by atoms with E-state index in [2.05, 4.69) is 27.3 Å². The molecule has 2 fully saturated rings. The minimum absolute atomic E-state index is 0.0539. The Balaban J connectivity index is 1.25. The smallest absolute Gasteiger partial charge is 0.262 e. The van der Waals surface area contributed by atoms with Crippen LogP contribution in [0.4, 0.5) is 11.4 Å². The Morgan fingerprint density at radius 2 is 1.87 bits per heavy atom. The van der Waals surface area contributed by atoms with E-state index >= 15 is 0 Å². The van der Waals surface area contributed by atoms with Crippen LogP contribution in [-0.2, 0) is 11.2 Å². The third-order valence-electron chi connectivity index (χ3n) is 5.66. The lowest BCUT2D eigenvalue weighted by atomic mass is 10.2. The zero-order chi connectivity index (χ0) is 20.8. The van der Waals surface area contributed by atoms with Gasteiger partial charge in [-0.25, -0.2) is 0 Å². The third kappa shape index (κ3) is 5.74. The second-order valence-corrected chi connectivity index (χ2v) is 8.10. The minimum atomic E-state index is -0.192. The molecule has 0 radical (unpaired) electrons. The maximum atomic E-state index is 12.3. The van der Waals surface area contributed by atoms with Crippen molar-refractivity contribution in [2.24, 2.45) is 5.92 Å². The van der Waals surface area contributed by atoms with Crippen molar-refractivity contribution in [1.29, 1.82) is 5.26 Å². The number of carbonyl (C=O) groups excluding carboxylic acids is 1. The predicted molar refractivity (Wildman–Crippen MR) is 118 cm³/mol. The number of carbonyl (C=O) groups is 1. The van der Waals surface area contributed by atoms with Crippen LogP contribution in [0.3, 0.4) is 0 Å². The molecule has 30 heavy (non-hydrogen) atoms. The largest absolute Gasteiger partial charge is 0.484 e. The average molecular weight is 405 g/mol. The zero-order valence-electron chi connectivity index (χ0n) is 17.2. The summed E-state index contributed by atoms with van der Waals surface area (Å²) >= 11 is 0. The summed E-state index contributed by atoms with van der Waals surface area (Å²) in [5.74, 6) is 1.36. The second-order valence-electron chi connectivity index (χ2n) is 8.10. The number of amides is 1. The van der Waals surface area contributed by atoms with Crippen LogP contribution in [0.1, 0.15) is 18.4 Å². The van der Waals surface area contributed by atoms with Crippen molar-refractivity contribution in [2.75, 3.05) is 49.5 Å². The molecule has 1 amide bonds. The lowest BCUT2D eigenvalue weighted by Crippen LogP contribution is -2.47. The van der Waals surface area contributed by atoms with Crippen LogP contribution in [-0.4, -0.2) is 50.1 Å². The summed E-state index contributed by atoms with van der Waals surface area (Å²) in [7, 11) is 0. The summed E-state index contributed by atoms with van der Waals surface area (Å²) in [5, 5.41) is 11.6. The van der Waals surface area contributed by atoms with E-state index < -0.39 is 0 Å². The van der Waals surface area contributed by atoms with Crippen molar-refractivity contribution in [2.45, 2.75) is 19.3 Å². The van der Waals surface area contributed by atoms with Crippen molar-refractivity contribution in [3.63, 3.8) is 0 Å². The highest BCUT2D eigenvalue weighted by molar-refractivity contribution is 5.92. The Labute approximate surface area is 178 Å². The van der Waals surface area contributed by atoms with Gasteiger partial charge in [0.15, 0.2) is 6.61 Å². The summed E-state index contributed by atoms with van der Waals surface area (Å²) in [6, 6.07) is 17.4. The van der Waals surface area contributed by atoms with Crippen LogP contribution < -0.4 is 15.0 Å². The maximum Gasteiger partial charge on any atom is 0.262 e. The van der Waals surface area contributed by atoms with Gasteiger partial charge in [-0.2, -0.15) is 5.26 Å². The van der Waals surface area contributed by atoms with Gasteiger partial charge in [0.25, 0.3) is 5.91 Å². The van der Waals surface area contributed by atoms with Crippen molar-refractivity contribution in [3.05, 3.63) is 54.1 Å². The van der Waals surface area contributed by atoms with Gasteiger partial charge in [0.1, 0.15) is 5.75 Å². The fourth-order valence-corrected chi connectivity index (χ4v) is 3.78. The standard InChI is InChI=1S/C24H28N4O2/c25-11-10-19-6-8-23(9-7-19)30-18-24(29)26-21-2-1-3-22(16-21)28-14-12-27(13-15-28)17-20-4-5-20/h1-3,6-9,16,20H,4-5,10,12-15,17-18H2,(H,26,29). The van der Waals surface area contributed by atoms with E-state index in [1.165, 1.54) is 19.4 Å². The molecule has 1 N–H and O–H groups in total. The maximum absolute atomic E-state index is 12.3. The highest BCUT2D eigenvalue weighted by atomic mass is 16.5. The molecule has 2 aromatic carbocycles. The summed E-state index contributed by atoms with van der Waals surface area (Å²) < 4.78 is 5.56. The van der Waals surface area contributed by atoms with Gasteiger partial charge in [-0.1, -0.05) is 18.2 Å². The molecule has 0 aromatic heterocycles. The molecule has 1 heterocycles. The molecule has 0 spiro atoms. The first-order valence-corrected chi connectivity index (χ1v) is 10.7. The van der Waals surface area contributed by atoms with Crippen LogP contribution in [0.25, 0.3) is 0 Å². The van der Waals surface area contributed by atoms with Crippen molar-refractivity contribution >= 4 is 17.3 Å². The number of rotatable bonds is 8. The number of nitriles is 1. The number of nitrogens with one attached hydrogen (secondary N) is 1. The van der Waals surface area contributed by atoms with Crippen LogP contribution in [0, 0.1) is 17.2 Å². The van der Waals surface area contributed by atoms with Gasteiger partial charge in [0, 0.05) is 44.1 Å². The molecule has 6 heteroatoms. The molecule has 6 nitrogen and oxygen atoms in total. The van der Waals surface area contributed by atoms with E-state index in [0.29, 0.717) is 12.2 Å². The van der Waals surface area contributed by atoms with Crippen molar-refractivity contribution < 1.29 is 9.53 Å². The Kier molecular flexibility index (Phi) is 6.50. The fourth-order valence-electron chi connectivity index (χ4n) is 3.78. The van der Waals surface area contributed by atoms with Gasteiger partial charge in [0.05, 0.1) is 12.5 Å². The normalized spacial score (nSPS) is 16.7. The lowest BCUT2D eigenvalue weighted by molar-refractivity contribution is -0.118. The van der Waals surface area contributed by atoms with E-state index in [9.17, 15) is 4.79 Å². The fraction of sp³-hybridized carbons (Fsp3) is 0.417. The third-order valence-corrected chi connectivity index (χ3v) is 5.66. The Morgan fingerprint density at radius 3 is 2.57 bits per heavy atom. The number of ether oxygens (including phenoxy) is 1. The SMILES string of the molecule is N#CCc1ccc(OCC(=O)Nc2cccc(N3CCN(CC4CC4)CC3)c2)cc1. The highest BCUT2D eigenvalue weighted by Crippen LogP contribution is 2.30. The number of benzene rings is 2. The topological polar surface area (TPSA) is 68.6 Å². The second kappa shape index (κ2) is 9.64. The molecule has 0 unspecified atom stereocenters. The van der Waals surface area contributed by atoms with Crippen LogP contribution in [0.2, 0.25) is 0 Å². The predicted octanol–water partition coefficient (Wildman–Crippen LogP) is 3.30. The molecular weight excluding hydrogens is 376 g/mol. The number of piperazine rings is 1. The van der Waals surface area contributed by atoms with Crippen LogP contribution >= 0.6 is 0 Å². The summed E-state index contributed by atoms with van der Waals surface area (Å²) in [6.45, 7) is 5.46. The molecular formula is C24H28N4O2. The molecule has 1 aliphatic carbocycles. The van der Waals surface area contributed by atoms with Crippen molar-refractivity contribution in [1.82, 2.24) is 4.90 Å². The van der Waals surface area contributed by atoms with Gasteiger partial charge in [0.2, 0.25) is 0 Å². The Hall–Kier alpha value is -3.04. The number of anilines is 2. The minimum Gasteiger partial charge on any atom is -0.484 e. The average Bonchev–Trinajstić information content (AvgIpc) is 3.58. The van der Waals surface area contributed by atoms with E-state index in [0.717, 1.165) is 49.0 Å². The molecule has 2 aromatic rings. The molecule has 2 aliphatic rings. The Bertz CT molecular complexity index is 894. The Morgan fingerprint density at radius 1 is 1.10 bits per heavy atom. The van der Waals surface area contributed by atoms with Crippen LogP contribution in [0.5, 0.6) is 5.75 Å².